The number of primary amides is 1. The van der Waals surface area contributed by atoms with Crippen molar-refractivity contribution in [3.63, 3.8) is 0 Å². The summed E-state index contributed by atoms with van der Waals surface area (Å²) < 4.78 is 15.6. The monoisotopic (exact) mass is 600 g/mol. The number of aliphatic hydroxyl groups excluding tert-OH is 1. The van der Waals surface area contributed by atoms with Gasteiger partial charge in [-0.15, -0.1) is 0 Å². The normalized spacial score (nSPS) is 16.3. The van der Waals surface area contributed by atoms with Crippen molar-refractivity contribution in [2.75, 3.05) is 39.0 Å². The highest BCUT2D eigenvalue weighted by atomic mass is 35.5. The molecule has 1 saturated heterocycles. The molecule has 0 radical (unpaired) electrons. The molecule has 1 aliphatic heterocycles. The maximum atomic E-state index is 14.2. The number of carbonyl (C=O) groups is 3. The number of carbonyl (C=O) groups excluding carboxylic acids is 3. The summed E-state index contributed by atoms with van der Waals surface area (Å²) in [6.07, 6.45) is 0.567. The first-order valence-corrected chi connectivity index (χ1v) is 14.0. The first kappa shape index (κ1) is 29.7. The predicted molar refractivity (Wildman–Crippen MR) is 155 cm³/mol. The average molecular weight is 601 g/mol. The molecule has 3 aromatic rings. The standard InChI is InChI=1S/C28H34ClFN8O4/c1-35-12-19(13-35)36(2)28(42)33-17-6-9-22-20(10-17)26(27(31)41)34-38(22)15-24(40)37(18-7-8-18)14-23(39)32-11-16-4-3-5-21(29)25(16)30/h3-6,9-10,18-19,28,33,42H,7-8,11-15H2,1-2H3,(H2,31,41)(H,32,39). The first-order valence-electron chi connectivity index (χ1n) is 13.7. The third-order valence-corrected chi connectivity index (χ3v) is 7.99. The summed E-state index contributed by atoms with van der Waals surface area (Å²) >= 11 is 5.82. The van der Waals surface area contributed by atoms with Gasteiger partial charge in [-0.2, -0.15) is 5.10 Å². The maximum absolute atomic E-state index is 14.2. The lowest BCUT2D eigenvalue weighted by Gasteiger charge is -2.43. The van der Waals surface area contributed by atoms with Gasteiger partial charge in [-0.05, 0) is 51.2 Å². The second kappa shape index (κ2) is 12.2. The van der Waals surface area contributed by atoms with E-state index in [1.165, 1.54) is 21.7 Å². The molecule has 0 spiro atoms. The Balaban J connectivity index is 1.27. The van der Waals surface area contributed by atoms with E-state index in [0.717, 1.165) is 25.9 Å². The summed E-state index contributed by atoms with van der Waals surface area (Å²) in [7, 11) is 3.84. The summed E-state index contributed by atoms with van der Waals surface area (Å²) in [5.41, 5.74) is 6.89. The van der Waals surface area contributed by atoms with Crippen LogP contribution < -0.4 is 16.4 Å². The molecule has 0 bridgehead atoms. The van der Waals surface area contributed by atoms with Gasteiger partial charge >= 0.3 is 0 Å². The van der Waals surface area contributed by atoms with E-state index in [4.69, 9.17) is 17.3 Å². The number of aromatic nitrogens is 2. The predicted octanol–water partition coefficient (Wildman–Crippen LogP) is 1.17. The Labute approximate surface area is 247 Å². The number of amides is 3. The highest BCUT2D eigenvalue weighted by Crippen LogP contribution is 2.28. The Morgan fingerprint density at radius 3 is 2.62 bits per heavy atom. The van der Waals surface area contributed by atoms with Crippen molar-refractivity contribution in [2.45, 2.75) is 44.4 Å². The zero-order chi connectivity index (χ0) is 30.1. The molecule has 12 nitrogen and oxygen atoms in total. The number of fused-ring (bicyclic) bond motifs is 1. The quantitative estimate of drug-likeness (QED) is 0.226. The number of rotatable bonds is 12. The summed E-state index contributed by atoms with van der Waals surface area (Å²) in [5.74, 6) is -2.15. The van der Waals surface area contributed by atoms with Crippen LogP contribution in [0.3, 0.4) is 0 Å². The van der Waals surface area contributed by atoms with Crippen LogP contribution in [0, 0.1) is 5.82 Å². The van der Waals surface area contributed by atoms with Crippen LogP contribution in [0.2, 0.25) is 5.02 Å². The largest absolute Gasteiger partial charge is 0.364 e. The number of hydrogen-bond acceptors (Lipinski definition) is 8. The van der Waals surface area contributed by atoms with Gasteiger partial charge in [0, 0.05) is 48.4 Å². The van der Waals surface area contributed by atoms with E-state index in [-0.39, 0.29) is 53.9 Å². The summed E-state index contributed by atoms with van der Waals surface area (Å²) in [6.45, 7) is 1.21. The number of likely N-dealkylation sites (N-methyl/N-ethyl adjacent to an activating group) is 2. The molecular formula is C28H34ClFN8O4. The van der Waals surface area contributed by atoms with Crippen LogP contribution in [0.4, 0.5) is 10.1 Å². The lowest BCUT2D eigenvalue weighted by molar-refractivity contribution is -0.137. The molecule has 2 aromatic carbocycles. The molecule has 1 saturated carbocycles. The van der Waals surface area contributed by atoms with Crippen LogP contribution in [-0.2, 0) is 22.7 Å². The van der Waals surface area contributed by atoms with E-state index >= 15 is 0 Å². The molecule has 1 aromatic heterocycles. The Morgan fingerprint density at radius 1 is 1.21 bits per heavy atom. The van der Waals surface area contributed by atoms with Gasteiger partial charge in [0.15, 0.2) is 12.0 Å². The molecule has 2 fully saturated rings. The van der Waals surface area contributed by atoms with Crippen molar-refractivity contribution in [3.05, 3.63) is 58.5 Å². The molecule has 5 rings (SSSR count). The Bertz CT molecular complexity index is 1510. The first-order chi connectivity index (χ1) is 20.0. The molecule has 1 aliphatic carbocycles. The van der Waals surface area contributed by atoms with Gasteiger partial charge in [0.25, 0.3) is 5.91 Å². The van der Waals surface area contributed by atoms with Gasteiger partial charge in [0.05, 0.1) is 17.1 Å². The van der Waals surface area contributed by atoms with Crippen molar-refractivity contribution in [3.8, 4) is 0 Å². The van der Waals surface area contributed by atoms with Gasteiger partial charge in [0.2, 0.25) is 11.8 Å². The highest BCUT2D eigenvalue weighted by molar-refractivity contribution is 6.30. The van der Waals surface area contributed by atoms with Crippen molar-refractivity contribution >= 4 is 45.9 Å². The Morgan fingerprint density at radius 2 is 1.95 bits per heavy atom. The molecule has 5 N–H and O–H groups in total. The van der Waals surface area contributed by atoms with E-state index in [0.29, 0.717) is 16.6 Å². The van der Waals surface area contributed by atoms with Gasteiger partial charge in [-0.3, -0.25) is 24.0 Å². The van der Waals surface area contributed by atoms with E-state index in [1.54, 1.807) is 24.3 Å². The molecule has 224 valence electrons. The minimum absolute atomic E-state index is 0.0100. The van der Waals surface area contributed by atoms with Crippen LogP contribution in [0.25, 0.3) is 10.9 Å². The van der Waals surface area contributed by atoms with Crippen LogP contribution in [0.15, 0.2) is 36.4 Å². The SMILES string of the molecule is CN1CC(N(C)C(O)Nc2ccc3c(c2)c(C(N)=O)nn3CC(=O)N(CC(=O)NCc2cccc(Cl)c2F)C2CC2)C1. The van der Waals surface area contributed by atoms with Crippen LogP contribution in [-0.4, -0.2) is 99.5 Å². The van der Waals surface area contributed by atoms with E-state index in [1.807, 2.05) is 19.0 Å². The second-order valence-corrected chi connectivity index (χ2v) is 11.3. The number of nitrogens with two attached hydrogens (primary N) is 1. The number of anilines is 1. The van der Waals surface area contributed by atoms with Crippen LogP contribution in [0.1, 0.15) is 28.9 Å². The van der Waals surface area contributed by atoms with Gasteiger partial charge in [0.1, 0.15) is 12.4 Å². The topological polar surface area (TPSA) is 149 Å². The molecule has 42 heavy (non-hydrogen) atoms. The van der Waals surface area contributed by atoms with Crippen molar-refractivity contribution in [1.29, 1.82) is 0 Å². The summed E-state index contributed by atoms with van der Waals surface area (Å²) in [5, 5.41) is 21.0. The minimum atomic E-state index is -0.955. The smallest absolute Gasteiger partial charge is 0.269 e. The number of nitrogens with one attached hydrogen (secondary N) is 2. The number of hydrogen-bond donors (Lipinski definition) is 4. The average Bonchev–Trinajstić information content (AvgIpc) is 3.71. The maximum Gasteiger partial charge on any atom is 0.269 e. The fraction of sp³-hybridized carbons (Fsp3) is 0.429. The third-order valence-electron chi connectivity index (χ3n) is 7.70. The number of benzene rings is 2. The van der Waals surface area contributed by atoms with Crippen LogP contribution in [0.5, 0.6) is 0 Å². The molecule has 14 heteroatoms. The zero-order valence-electron chi connectivity index (χ0n) is 23.4. The lowest BCUT2D eigenvalue weighted by Crippen LogP contribution is -2.60. The van der Waals surface area contributed by atoms with Gasteiger partial charge < -0.3 is 31.3 Å². The summed E-state index contributed by atoms with van der Waals surface area (Å²) in [4.78, 5) is 43.7. The number of nitrogens with zero attached hydrogens (tertiary/aromatic N) is 5. The van der Waals surface area contributed by atoms with E-state index in [2.05, 4.69) is 20.6 Å². The fourth-order valence-corrected chi connectivity index (χ4v) is 5.26. The lowest BCUT2D eigenvalue weighted by atomic mass is 10.1. The Kier molecular flexibility index (Phi) is 8.64. The van der Waals surface area contributed by atoms with Crippen LogP contribution >= 0.6 is 11.6 Å². The van der Waals surface area contributed by atoms with Crippen molar-refractivity contribution in [2.24, 2.45) is 5.73 Å². The number of aliphatic hydroxyl groups is 1. The van der Waals surface area contributed by atoms with E-state index < -0.39 is 24.0 Å². The number of likely N-dealkylation sites (tertiary alicyclic amines) is 1. The highest BCUT2D eigenvalue weighted by Gasteiger charge is 2.34. The third kappa shape index (κ3) is 6.49. The molecule has 2 aliphatic rings. The minimum Gasteiger partial charge on any atom is -0.364 e. The zero-order valence-corrected chi connectivity index (χ0v) is 24.1. The fourth-order valence-electron chi connectivity index (χ4n) is 5.06. The van der Waals surface area contributed by atoms with Gasteiger partial charge in [-0.1, -0.05) is 23.7 Å². The molecule has 3 amide bonds. The van der Waals surface area contributed by atoms with E-state index in [9.17, 15) is 23.9 Å². The molecule has 1 atom stereocenters. The summed E-state index contributed by atoms with van der Waals surface area (Å²) in [6, 6.07) is 9.75. The Hall–Kier alpha value is -3.78. The molecular weight excluding hydrogens is 567 g/mol. The molecule has 2 heterocycles. The van der Waals surface area contributed by atoms with Gasteiger partial charge in [-0.25, -0.2) is 4.39 Å². The van der Waals surface area contributed by atoms with Crippen molar-refractivity contribution < 1.29 is 23.9 Å². The number of halogens is 2. The molecule has 1 unspecified atom stereocenters. The van der Waals surface area contributed by atoms with Crippen molar-refractivity contribution in [1.82, 2.24) is 29.8 Å². The second-order valence-electron chi connectivity index (χ2n) is 10.9.